The highest BCUT2D eigenvalue weighted by Crippen LogP contribution is 2.48. The molecule has 4 unspecified atom stereocenters. The molecule has 3 rings (SSSR count). The van der Waals surface area contributed by atoms with Crippen LogP contribution in [-0.4, -0.2) is 9.96 Å². The molecule has 18 heavy (non-hydrogen) atoms. The number of anilines is 1. The van der Waals surface area contributed by atoms with Crippen molar-refractivity contribution in [2.75, 3.05) is 11.5 Å². The van der Waals surface area contributed by atoms with Crippen LogP contribution in [0, 0.1) is 17.8 Å². The largest absolute Gasteiger partial charge is 0.399 e. The molecular weight excluding hydrogens is 310 g/mol. The zero-order valence-electron chi connectivity index (χ0n) is 10.3. The van der Waals surface area contributed by atoms with Crippen molar-refractivity contribution in [3.8, 4) is 0 Å². The summed E-state index contributed by atoms with van der Waals surface area (Å²) in [5.41, 5.74) is 6.42. The van der Waals surface area contributed by atoms with E-state index >= 15 is 0 Å². The molecule has 2 nitrogen and oxygen atoms in total. The van der Waals surface area contributed by atoms with Gasteiger partial charge in [-0.25, -0.2) is 0 Å². The van der Waals surface area contributed by atoms with E-state index in [9.17, 15) is 4.21 Å². The van der Waals surface area contributed by atoms with Crippen molar-refractivity contribution in [3.63, 3.8) is 0 Å². The Bertz CT molecular complexity index is 491. The first-order valence-electron chi connectivity index (χ1n) is 6.57. The fourth-order valence-electron chi connectivity index (χ4n) is 3.57. The maximum absolute atomic E-state index is 12.4. The maximum Gasteiger partial charge on any atom is 0.0543 e. The molecule has 2 bridgehead atoms. The standard InChI is InChI=1S/C14H18BrNOS/c15-13-7-12(16)3-4-14(13)18(17)8-11-6-9-1-2-10(11)5-9/h3-4,7,9-11H,1-2,5-6,8,16H2. The van der Waals surface area contributed by atoms with Gasteiger partial charge in [-0.2, -0.15) is 0 Å². The predicted molar refractivity (Wildman–Crippen MR) is 78.8 cm³/mol. The van der Waals surface area contributed by atoms with Crippen LogP contribution in [0.1, 0.15) is 25.7 Å². The lowest BCUT2D eigenvalue weighted by Crippen LogP contribution is -2.18. The van der Waals surface area contributed by atoms with Crippen molar-refractivity contribution in [2.45, 2.75) is 30.6 Å². The number of fused-ring (bicyclic) bond motifs is 2. The molecule has 2 N–H and O–H groups in total. The molecule has 0 heterocycles. The molecular formula is C14H18BrNOS. The molecule has 4 atom stereocenters. The molecule has 2 aliphatic rings. The zero-order chi connectivity index (χ0) is 12.7. The minimum absolute atomic E-state index is 0.675. The Labute approximate surface area is 119 Å². The summed E-state index contributed by atoms with van der Waals surface area (Å²) in [7, 11) is -0.897. The van der Waals surface area contributed by atoms with Crippen molar-refractivity contribution in [1.82, 2.24) is 0 Å². The first kappa shape index (κ1) is 12.7. The van der Waals surface area contributed by atoms with Crippen molar-refractivity contribution >= 4 is 32.4 Å². The summed E-state index contributed by atoms with van der Waals surface area (Å²) in [6, 6.07) is 5.57. The summed E-state index contributed by atoms with van der Waals surface area (Å²) in [6.45, 7) is 0. The molecule has 0 amide bonds. The first-order valence-corrected chi connectivity index (χ1v) is 8.68. The molecule has 1 aromatic rings. The molecule has 2 aliphatic carbocycles. The van der Waals surface area contributed by atoms with Crippen LogP contribution in [0.15, 0.2) is 27.6 Å². The lowest BCUT2D eigenvalue weighted by Gasteiger charge is -2.21. The van der Waals surface area contributed by atoms with Gasteiger partial charge in [0, 0.05) is 15.9 Å². The van der Waals surface area contributed by atoms with Crippen LogP contribution in [0.25, 0.3) is 0 Å². The average molecular weight is 328 g/mol. The van der Waals surface area contributed by atoms with Gasteiger partial charge >= 0.3 is 0 Å². The minimum Gasteiger partial charge on any atom is -0.399 e. The lowest BCUT2D eigenvalue weighted by molar-refractivity contribution is 0.363. The van der Waals surface area contributed by atoms with E-state index in [2.05, 4.69) is 15.9 Å². The number of benzene rings is 1. The average Bonchev–Trinajstić information content (AvgIpc) is 2.90. The Morgan fingerprint density at radius 1 is 1.33 bits per heavy atom. The second-order valence-electron chi connectivity index (χ2n) is 5.64. The molecule has 98 valence electrons. The summed E-state index contributed by atoms with van der Waals surface area (Å²) < 4.78 is 13.3. The van der Waals surface area contributed by atoms with Crippen molar-refractivity contribution in [3.05, 3.63) is 22.7 Å². The van der Waals surface area contributed by atoms with Crippen LogP contribution in [0.4, 0.5) is 5.69 Å². The number of halogens is 1. The topological polar surface area (TPSA) is 43.1 Å². The predicted octanol–water partition coefficient (Wildman–Crippen LogP) is 3.58. The minimum atomic E-state index is -0.897. The van der Waals surface area contributed by atoms with Crippen molar-refractivity contribution in [2.24, 2.45) is 17.8 Å². The summed E-state index contributed by atoms with van der Waals surface area (Å²) >= 11 is 3.47. The molecule has 2 fully saturated rings. The van der Waals surface area contributed by atoms with Gasteiger partial charge in [-0.3, -0.25) is 4.21 Å². The van der Waals surface area contributed by atoms with Crippen molar-refractivity contribution in [1.29, 1.82) is 0 Å². The Hall–Kier alpha value is -0.350. The highest BCUT2D eigenvalue weighted by atomic mass is 79.9. The quantitative estimate of drug-likeness (QED) is 0.862. The summed E-state index contributed by atoms with van der Waals surface area (Å²) in [6.07, 6.45) is 5.43. The molecule has 0 aromatic heterocycles. The Balaban J connectivity index is 1.71. The summed E-state index contributed by atoms with van der Waals surface area (Å²) in [5.74, 6) is 3.26. The van der Waals surface area contributed by atoms with E-state index in [1.807, 2.05) is 18.2 Å². The van der Waals surface area contributed by atoms with E-state index in [0.29, 0.717) is 11.6 Å². The Morgan fingerprint density at radius 2 is 2.17 bits per heavy atom. The van der Waals surface area contributed by atoms with Crippen LogP contribution in [0.5, 0.6) is 0 Å². The monoisotopic (exact) mass is 327 g/mol. The van der Waals surface area contributed by atoms with Gasteiger partial charge < -0.3 is 5.73 Å². The van der Waals surface area contributed by atoms with Gasteiger partial charge in [0.05, 0.1) is 15.7 Å². The number of rotatable bonds is 3. The fourth-order valence-corrected chi connectivity index (χ4v) is 5.98. The highest BCUT2D eigenvalue weighted by molar-refractivity contribution is 9.10. The Kier molecular flexibility index (Phi) is 3.50. The zero-order valence-corrected chi connectivity index (χ0v) is 12.7. The second-order valence-corrected chi connectivity index (χ2v) is 7.96. The van der Waals surface area contributed by atoms with Crippen LogP contribution in [-0.2, 0) is 10.8 Å². The van der Waals surface area contributed by atoms with Gasteiger partial charge in [0.15, 0.2) is 0 Å². The third-order valence-corrected chi connectivity index (χ3v) is 6.95. The number of hydrogen-bond acceptors (Lipinski definition) is 2. The highest BCUT2D eigenvalue weighted by Gasteiger charge is 2.40. The third-order valence-electron chi connectivity index (χ3n) is 4.45. The van der Waals surface area contributed by atoms with E-state index in [1.54, 1.807) is 0 Å². The van der Waals surface area contributed by atoms with E-state index in [-0.39, 0.29) is 0 Å². The van der Waals surface area contributed by atoms with Gasteiger partial charge in [0.1, 0.15) is 0 Å². The smallest absolute Gasteiger partial charge is 0.0543 e. The van der Waals surface area contributed by atoms with Gasteiger partial charge in [-0.1, -0.05) is 6.42 Å². The van der Waals surface area contributed by atoms with Crippen LogP contribution in [0.2, 0.25) is 0 Å². The summed E-state index contributed by atoms with van der Waals surface area (Å²) in [4.78, 5) is 0.895. The molecule has 0 aliphatic heterocycles. The van der Waals surface area contributed by atoms with Crippen molar-refractivity contribution < 1.29 is 4.21 Å². The summed E-state index contributed by atoms with van der Waals surface area (Å²) in [5, 5.41) is 0. The van der Waals surface area contributed by atoms with Gasteiger partial charge in [-0.05, 0) is 71.1 Å². The maximum atomic E-state index is 12.4. The van der Waals surface area contributed by atoms with Gasteiger partial charge in [0.2, 0.25) is 0 Å². The Morgan fingerprint density at radius 3 is 2.78 bits per heavy atom. The van der Waals surface area contributed by atoms with E-state index in [4.69, 9.17) is 5.73 Å². The van der Waals surface area contributed by atoms with Crippen LogP contribution in [0.3, 0.4) is 0 Å². The third kappa shape index (κ3) is 2.37. The van der Waals surface area contributed by atoms with Gasteiger partial charge in [0.25, 0.3) is 0 Å². The van der Waals surface area contributed by atoms with Crippen LogP contribution < -0.4 is 5.73 Å². The second kappa shape index (κ2) is 4.97. The van der Waals surface area contributed by atoms with E-state index in [0.717, 1.165) is 27.0 Å². The SMILES string of the molecule is Nc1ccc(S(=O)CC2CC3CCC2C3)c(Br)c1. The molecule has 0 saturated heterocycles. The molecule has 0 spiro atoms. The van der Waals surface area contributed by atoms with Crippen LogP contribution >= 0.6 is 15.9 Å². The number of hydrogen-bond donors (Lipinski definition) is 1. The molecule has 2 saturated carbocycles. The molecule has 4 heteroatoms. The molecule has 1 aromatic carbocycles. The normalized spacial score (nSPS) is 31.7. The van der Waals surface area contributed by atoms with E-state index < -0.39 is 10.8 Å². The van der Waals surface area contributed by atoms with Gasteiger partial charge in [-0.15, -0.1) is 0 Å². The number of nitrogen functional groups attached to an aromatic ring is 1. The van der Waals surface area contributed by atoms with E-state index in [1.165, 1.54) is 25.7 Å². The number of nitrogens with two attached hydrogens (primary N) is 1. The first-order chi connectivity index (χ1) is 8.63. The fraction of sp³-hybridized carbons (Fsp3) is 0.571. The lowest BCUT2D eigenvalue weighted by atomic mass is 9.90. The molecule has 0 radical (unpaired) electrons.